The van der Waals surface area contributed by atoms with E-state index in [0.717, 1.165) is 18.4 Å². The van der Waals surface area contributed by atoms with E-state index in [2.05, 4.69) is 36.6 Å². The molecule has 2 bridgehead atoms. The summed E-state index contributed by atoms with van der Waals surface area (Å²) in [5, 5.41) is 16.8. The largest absolute Gasteiger partial charge is 0.496 e. The van der Waals surface area contributed by atoms with Gasteiger partial charge in [-0.05, 0) is 78.3 Å². The lowest BCUT2D eigenvalue weighted by Crippen LogP contribution is -2.65. The summed E-state index contributed by atoms with van der Waals surface area (Å²) in [6, 6.07) is 21.0. The monoisotopic (exact) mass is 653 g/mol. The number of nitrogens with one attached hydrogen (secondary N) is 2. The van der Waals surface area contributed by atoms with Crippen molar-refractivity contribution in [1.82, 2.24) is 10.7 Å². The molecule has 4 fully saturated rings. The number of carbonyl (C=O) groups excluding carboxylic acids is 2. The van der Waals surface area contributed by atoms with Gasteiger partial charge in [-0.2, -0.15) is 5.10 Å². The highest BCUT2D eigenvalue weighted by atomic mass is 16.7. The summed E-state index contributed by atoms with van der Waals surface area (Å²) in [6.45, 7) is 6.81. The number of benzene rings is 3. The fraction of sp³-hybridized carbons (Fsp3) is 0.389. The van der Waals surface area contributed by atoms with Crippen LogP contribution in [-0.2, 0) is 27.1 Å². The topological polar surface area (TPSA) is 145 Å². The average Bonchev–Trinajstić information content (AvgIpc) is 3.45. The number of amides is 2. The Balaban J connectivity index is 1.15. The molecule has 3 saturated carbocycles. The molecule has 250 valence electrons. The first-order chi connectivity index (χ1) is 23.0. The van der Waals surface area contributed by atoms with Crippen molar-refractivity contribution in [3.63, 3.8) is 0 Å². The second kappa shape index (κ2) is 13.4. The molecule has 2 amide bonds. The van der Waals surface area contributed by atoms with Crippen molar-refractivity contribution in [2.45, 2.75) is 64.3 Å². The molecule has 3 aromatic rings. The van der Waals surface area contributed by atoms with Crippen LogP contribution in [0.1, 0.15) is 71.0 Å². The number of aromatic carboxylic acids is 1. The molecule has 3 aliphatic carbocycles. The molecule has 1 heterocycles. The van der Waals surface area contributed by atoms with Crippen LogP contribution in [0.4, 0.5) is 4.79 Å². The number of rotatable bonds is 11. The van der Waals surface area contributed by atoms with E-state index in [-0.39, 0.29) is 41.8 Å². The first kappa shape index (κ1) is 33.2. The van der Waals surface area contributed by atoms with Crippen LogP contribution in [0.5, 0.6) is 5.75 Å². The highest BCUT2D eigenvalue weighted by molar-refractivity contribution is 6.48. The quantitative estimate of drug-likeness (QED) is 0.144. The van der Waals surface area contributed by atoms with E-state index in [9.17, 15) is 19.5 Å². The third-order valence-electron chi connectivity index (χ3n) is 10.3. The maximum atomic E-state index is 13.7. The molecule has 5 unspecified atom stereocenters. The normalized spacial score (nSPS) is 24.2. The van der Waals surface area contributed by atoms with Crippen molar-refractivity contribution >= 4 is 31.3 Å². The molecule has 4 aliphatic rings. The van der Waals surface area contributed by atoms with E-state index >= 15 is 0 Å². The maximum absolute atomic E-state index is 13.7. The number of ether oxygens (including phenoxy) is 2. The molecule has 48 heavy (non-hydrogen) atoms. The Hall–Kier alpha value is -4.68. The van der Waals surface area contributed by atoms with Crippen molar-refractivity contribution in [2.75, 3.05) is 7.11 Å². The predicted octanol–water partition coefficient (Wildman–Crippen LogP) is 5.26. The first-order valence-electron chi connectivity index (χ1n) is 16.1. The molecule has 7 rings (SSSR count). The molecule has 3 N–H and O–H groups in total. The summed E-state index contributed by atoms with van der Waals surface area (Å²) in [7, 11) is 0.678. The van der Waals surface area contributed by atoms with Crippen molar-refractivity contribution in [1.29, 1.82) is 0 Å². The van der Waals surface area contributed by atoms with Crippen LogP contribution in [0.15, 0.2) is 77.9 Å². The number of para-hydroxylation sites is 1. The SMILES string of the molecule is COc1c(CC(NC(=O)c2ccc(C=NNC(=O)OCc3ccccc3)cc2)B2OC3CC4CC(C4(C)C)C3(C)O2)cccc1C(=O)O. The van der Waals surface area contributed by atoms with Gasteiger partial charge in [-0.25, -0.2) is 15.0 Å². The van der Waals surface area contributed by atoms with Gasteiger partial charge < -0.3 is 29.2 Å². The summed E-state index contributed by atoms with van der Waals surface area (Å²) < 4.78 is 24.0. The summed E-state index contributed by atoms with van der Waals surface area (Å²) in [4.78, 5) is 37.6. The van der Waals surface area contributed by atoms with Gasteiger partial charge in [-0.1, -0.05) is 68.4 Å². The van der Waals surface area contributed by atoms with Crippen LogP contribution >= 0.6 is 0 Å². The molecule has 0 radical (unpaired) electrons. The molecule has 11 nitrogen and oxygen atoms in total. The van der Waals surface area contributed by atoms with Crippen molar-refractivity contribution < 1.29 is 38.3 Å². The maximum Gasteiger partial charge on any atom is 0.482 e. The fourth-order valence-electron chi connectivity index (χ4n) is 7.57. The smallest absolute Gasteiger partial charge is 0.482 e. The Morgan fingerprint density at radius 3 is 2.48 bits per heavy atom. The predicted molar refractivity (Wildman–Crippen MR) is 179 cm³/mol. The lowest BCUT2D eigenvalue weighted by molar-refractivity contribution is -0.199. The van der Waals surface area contributed by atoms with E-state index in [4.69, 9.17) is 18.8 Å². The molecule has 12 heteroatoms. The van der Waals surface area contributed by atoms with Gasteiger partial charge >= 0.3 is 19.2 Å². The second-order valence-electron chi connectivity index (χ2n) is 13.5. The second-order valence-corrected chi connectivity index (χ2v) is 13.5. The van der Waals surface area contributed by atoms with Crippen molar-refractivity contribution in [3.8, 4) is 5.75 Å². The summed E-state index contributed by atoms with van der Waals surface area (Å²) in [6.07, 6.45) is 2.85. The van der Waals surface area contributed by atoms with Crippen LogP contribution in [0.3, 0.4) is 0 Å². The van der Waals surface area contributed by atoms with Crippen LogP contribution in [0.2, 0.25) is 0 Å². The lowest BCUT2D eigenvalue weighted by atomic mass is 9.43. The molecule has 1 saturated heterocycles. The van der Waals surface area contributed by atoms with E-state index in [0.29, 0.717) is 28.5 Å². The number of hydrazone groups is 1. The lowest BCUT2D eigenvalue weighted by Gasteiger charge is -2.64. The van der Waals surface area contributed by atoms with Crippen LogP contribution < -0.4 is 15.5 Å². The number of carboxylic acids is 1. The first-order valence-corrected chi connectivity index (χ1v) is 16.1. The summed E-state index contributed by atoms with van der Waals surface area (Å²) in [5.41, 5.74) is 4.53. The van der Waals surface area contributed by atoms with Gasteiger partial charge in [-0.3, -0.25) is 4.79 Å². The summed E-state index contributed by atoms with van der Waals surface area (Å²) >= 11 is 0. The van der Waals surface area contributed by atoms with Gasteiger partial charge in [0.15, 0.2) is 0 Å². The third kappa shape index (κ3) is 6.55. The number of carboxylic acid groups (broad SMARTS) is 1. The zero-order valence-corrected chi connectivity index (χ0v) is 27.5. The Morgan fingerprint density at radius 2 is 1.79 bits per heavy atom. The van der Waals surface area contributed by atoms with Gasteiger partial charge in [-0.15, -0.1) is 0 Å². The van der Waals surface area contributed by atoms with Crippen molar-refractivity contribution in [3.05, 3.63) is 101 Å². The highest BCUT2D eigenvalue weighted by Gasteiger charge is 2.68. The highest BCUT2D eigenvalue weighted by Crippen LogP contribution is 2.65. The molecule has 0 spiro atoms. The Morgan fingerprint density at radius 1 is 1.04 bits per heavy atom. The average molecular weight is 654 g/mol. The Bertz CT molecular complexity index is 1700. The zero-order valence-electron chi connectivity index (χ0n) is 27.5. The zero-order chi connectivity index (χ0) is 34.1. The summed E-state index contributed by atoms with van der Waals surface area (Å²) in [5.74, 6) is -0.988. The van der Waals surface area contributed by atoms with E-state index < -0.39 is 30.7 Å². The Labute approximate surface area is 280 Å². The fourth-order valence-corrected chi connectivity index (χ4v) is 7.57. The third-order valence-corrected chi connectivity index (χ3v) is 10.3. The molecular formula is C36H40BN3O8. The van der Waals surface area contributed by atoms with Gasteiger partial charge in [0.25, 0.3) is 5.91 Å². The Kier molecular flexibility index (Phi) is 9.31. The van der Waals surface area contributed by atoms with E-state index in [1.807, 2.05) is 30.3 Å². The van der Waals surface area contributed by atoms with Gasteiger partial charge in [0.05, 0.1) is 31.0 Å². The van der Waals surface area contributed by atoms with E-state index in [1.54, 1.807) is 36.4 Å². The standard InChI is InChI=1S/C36H40BN3O8/c1-35(2)26-18-28(35)36(3)29(19-26)47-37(48-36)30(17-25-11-8-12-27(33(42)43)31(25)45-4)39-32(41)24-15-13-22(14-16-24)20-38-40-34(44)46-21-23-9-6-5-7-10-23/h5-16,20,26,28-30H,17-19,21H2,1-4H3,(H,39,41)(H,40,44)(H,42,43). The minimum Gasteiger partial charge on any atom is -0.496 e. The van der Waals surface area contributed by atoms with Gasteiger partial charge in [0, 0.05) is 5.56 Å². The van der Waals surface area contributed by atoms with Gasteiger partial charge in [0.2, 0.25) is 0 Å². The van der Waals surface area contributed by atoms with E-state index in [1.165, 1.54) is 19.4 Å². The molecule has 3 aromatic carbocycles. The molecule has 5 atom stereocenters. The molecular weight excluding hydrogens is 613 g/mol. The minimum absolute atomic E-state index is 0.0349. The number of carbonyl (C=O) groups is 3. The molecule has 1 aliphatic heterocycles. The number of nitrogens with zero attached hydrogens (tertiary/aromatic N) is 1. The number of methoxy groups -OCH3 is 1. The van der Waals surface area contributed by atoms with Crippen LogP contribution in [-0.4, -0.2) is 61.2 Å². The van der Waals surface area contributed by atoms with Gasteiger partial charge in [0.1, 0.15) is 17.9 Å². The van der Waals surface area contributed by atoms with Crippen LogP contribution in [0.25, 0.3) is 0 Å². The van der Waals surface area contributed by atoms with Crippen molar-refractivity contribution in [2.24, 2.45) is 22.4 Å². The van der Waals surface area contributed by atoms with Crippen LogP contribution in [0, 0.1) is 17.3 Å². The minimum atomic E-state index is -1.11. The molecule has 0 aromatic heterocycles. The number of hydrogen-bond donors (Lipinski definition) is 3. The number of hydrogen-bond acceptors (Lipinski definition) is 8.